The number of aliphatic hydroxyl groups excluding tert-OH is 1. The van der Waals surface area contributed by atoms with E-state index in [1.165, 1.54) is 7.11 Å². The number of methoxy groups -OCH3 is 1. The lowest BCUT2D eigenvalue weighted by molar-refractivity contribution is 0.127. The molecule has 2 N–H and O–H groups in total. The number of ether oxygens (including phenoxy) is 1. The minimum absolute atomic E-state index is 0.0759. The van der Waals surface area contributed by atoms with Crippen molar-refractivity contribution in [2.24, 2.45) is 5.41 Å². The molecule has 0 aliphatic rings. The maximum absolute atomic E-state index is 9.47. The van der Waals surface area contributed by atoms with Crippen molar-refractivity contribution in [3.8, 4) is 6.01 Å². The van der Waals surface area contributed by atoms with Gasteiger partial charge in [0.1, 0.15) is 0 Å². The van der Waals surface area contributed by atoms with E-state index in [0.29, 0.717) is 12.5 Å². The van der Waals surface area contributed by atoms with E-state index < -0.39 is 0 Å². The van der Waals surface area contributed by atoms with Crippen molar-refractivity contribution in [1.82, 2.24) is 15.0 Å². The Bertz CT molecular complexity index is 377. The summed E-state index contributed by atoms with van der Waals surface area (Å²) in [5, 5.41) is 12.6. The highest BCUT2D eigenvalue weighted by atomic mass is 35.5. The summed E-state index contributed by atoms with van der Waals surface area (Å²) in [5.41, 5.74) is -0.174. The van der Waals surface area contributed by atoms with Gasteiger partial charge in [0.25, 0.3) is 0 Å². The number of aromatic nitrogens is 3. The van der Waals surface area contributed by atoms with Crippen LogP contribution in [-0.4, -0.2) is 40.3 Å². The second-order valence-corrected chi connectivity index (χ2v) is 4.47. The topological polar surface area (TPSA) is 80.2 Å². The molecule has 0 aliphatic carbocycles. The quantitative estimate of drug-likeness (QED) is 0.788. The fraction of sp³-hybridized carbons (Fsp3) is 0.727. The number of halogens is 1. The standard InChI is InChI=1S/C11H19ClN4O2/c1-4-11(5-2,7-17)6-13-9-14-8(12)15-10(16-9)18-3/h17H,4-7H2,1-3H3,(H,13,14,15,16). The molecule has 0 radical (unpaired) electrons. The van der Waals surface area contributed by atoms with Crippen molar-refractivity contribution in [3.05, 3.63) is 5.28 Å². The molecule has 6 nitrogen and oxygen atoms in total. The minimum Gasteiger partial charge on any atom is -0.467 e. The van der Waals surface area contributed by atoms with E-state index in [1.54, 1.807) is 0 Å². The van der Waals surface area contributed by atoms with E-state index in [2.05, 4.69) is 20.3 Å². The van der Waals surface area contributed by atoms with Crippen LogP contribution in [0.2, 0.25) is 5.28 Å². The van der Waals surface area contributed by atoms with E-state index in [1.807, 2.05) is 13.8 Å². The summed E-state index contributed by atoms with van der Waals surface area (Å²) in [5.74, 6) is 0.353. The smallest absolute Gasteiger partial charge is 0.322 e. The molecule has 0 saturated carbocycles. The lowest BCUT2D eigenvalue weighted by Gasteiger charge is -2.29. The van der Waals surface area contributed by atoms with E-state index in [-0.39, 0.29) is 23.3 Å². The molecule has 102 valence electrons. The summed E-state index contributed by atoms with van der Waals surface area (Å²) in [4.78, 5) is 11.8. The van der Waals surface area contributed by atoms with Crippen LogP contribution in [0.3, 0.4) is 0 Å². The van der Waals surface area contributed by atoms with Crippen LogP contribution in [0.15, 0.2) is 0 Å². The van der Waals surface area contributed by atoms with Gasteiger partial charge in [-0.05, 0) is 24.4 Å². The molecule has 0 atom stereocenters. The van der Waals surface area contributed by atoms with Crippen molar-refractivity contribution >= 4 is 17.5 Å². The molecule has 0 aliphatic heterocycles. The Morgan fingerprint density at radius 3 is 2.44 bits per heavy atom. The number of rotatable bonds is 7. The molecule has 0 saturated heterocycles. The van der Waals surface area contributed by atoms with Gasteiger partial charge in [-0.25, -0.2) is 0 Å². The van der Waals surface area contributed by atoms with Crippen molar-refractivity contribution in [1.29, 1.82) is 0 Å². The third-order valence-electron chi connectivity index (χ3n) is 3.23. The SMILES string of the molecule is CCC(CC)(CO)CNc1nc(Cl)nc(OC)n1. The third-order valence-corrected chi connectivity index (χ3v) is 3.40. The fourth-order valence-corrected chi connectivity index (χ4v) is 1.70. The second-order valence-electron chi connectivity index (χ2n) is 4.13. The molecule has 0 amide bonds. The molecule has 1 rings (SSSR count). The molecular weight excluding hydrogens is 256 g/mol. The van der Waals surface area contributed by atoms with E-state index >= 15 is 0 Å². The average molecular weight is 275 g/mol. The monoisotopic (exact) mass is 274 g/mol. The average Bonchev–Trinajstić information content (AvgIpc) is 2.40. The van der Waals surface area contributed by atoms with E-state index in [0.717, 1.165) is 12.8 Å². The maximum Gasteiger partial charge on any atom is 0.322 e. The Balaban J connectivity index is 2.76. The van der Waals surface area contributed by atoms with Gasteiger partial charge in [-0.3, -0.25) is 0 Å². The number of aliphatic hydroxyl groups is 1. The summed E-state index contributed by atoms with van der Waals surface area (Å²) in [6, 6.07) is 0.167. The Labute approximate surface area is 112 Å². The summed E-state index contributed by atoms with van der Waals surface area (Å²) in [6.07, 6.45) is 1.73. The minimum atomic E-state index is -0.174. The van der Waals surface area contributed by atoms with Gasteiger partial charge in [0.05, 0.1) is 13.7 Å². The van der Waals surface area contributed by atoms with Crippen molar-refractivity contribution in [2.45, 2.75) is 26.7 Å². The molecular formula is C11H19ClN4O2. The Morgan fingerprint density at radius 1 is 1.28 bits per heavy atom. The van der Waals surface area contributed by atoms with Crippen molar-refractivity contribution in [3.63, 3.8) is 0 Å². The Morgan fingerprint density at radius 2 is 1.94 bits per heavy atom. The van der Waals surface area contributed by atoms with Crippen LogP contribution in [0.5, 0.6) is 6.01 Å². The molecule has 1 aromatic heterocycles. The molecule has 1 heterocycles. The van der Waals surface area contributed by atoms with Gasteiger partial charge in [0.2, 0.25) is 11.2 Å². The normalized spacial score (nSPS) is 11.4. The Hall–Kier alpha value is -1.14. The van der Waals surface area contributed by atoms with Crippen LogP contribution in [0.4, 0.5) is 5.95 Å². The third kappa shape index (κ3) is 3.68. The van der Waals surface area contributed by atoms with Crippen LogP contribution in [0.25, 0.3) is 0 Å². The molecule has 18 heavy (non-hydrogen) atoms. The number of anilines is 1. The molecule has 0 fully saturated rings. The first-order valence-electron chi connectivity index (χ1n) is 5.89. The Kier molecular flexibility index (Phi) is 5.55. The highest BCUT2D eigenvalue weighted by Crippen LogP contribution is 2.25. The summed E-state index contributed by atoms with van der Waals surface area (Å²) < 4.78 is 4.91. The first-order chi connectivity index (χ1) is 8.59. The first-order valence-corrected chi connectivity index (χ1v) is 6.27. The summed E-state index contributed by atoms with van der Waals surface area (Å²) in [7, 11) is 1.46. The van der Waals surface area contributed by atoms with Crippen LogP contribution in [0, 0.1) is 5.41 Å². The molecule has 0 spiro atoms. The number of hydrogen-bond donors (Lipinski definition) is 2. The van der Waals surface area contributed by atoms with Gasteiger partial charge < -0.3 is 15.2 Å². The van der Waals surface area contributed by atoms with Crippen molar-refractivity contribution < 1.29 is 9.84 Å². The largest absolute Gasteiger partial charge is 0.467 e. The zero-order chi connectivity index (χ0) is 13.6. The van der Waals surface area contributed by atoms with Crippen LogP contribution in [0.1, 0.15) is 26.7 Å². The van der Waals surface area contributed by atoms with Gasteiger partial charge in [0, 0.05) is 12.0 Å². The summed E-state index contributed by atoms with van der Waals surface area (Å²) >= 11 is 5.75. The predicted octanol–water partition coefficient (Wildman–Crippen LogP) is 1.74. The highest BCUT2D eigenvalue weighted by molar-refractivity contribution is 6.28. The highest BCUT2D eigenvalue weighted by Gasteiger charge is 2.25. The predicted molar refractivity (Wildman–Crippen MR) is 70.0 cm³/mol. The number of hydrogen-bond acceptors (Lipinski definition) is 6. The molecule has 0 bridgehead atoms. The van der Waals surface area contributed by atoms with Gasteiger partial charge >= 0.3 is 6.01 Å². The molecule has 0 aromatic carbocycles. The van der Waals surface area contributed by atoms with Crippen LogP contribution < -0.4 is 10.1 Å². The van der Waals surface area contributed by atoms with Gasteiger partial charge in [-0.15, -0.1) is 0 Å². The van der Waals surface area contributed by atoms with Gasteiger partial charge in [-0.1, -0.05) is 13.8 Å². The van der Waals surface area contributed by atoms with Crippen LogP contribution in [-0.2, 0) is 0 Å². The molecule has 7 heteroatoms. The lowest BCUT2D eigenvalue weighted by atomic mass is 9.83. The summed E-state index contributed by atoms with van der Waals surface area (Å²) in [6.45, 7) is 4.77. The van der Waals surface area contributed by atoms with Crippen molar-refractivity contribution in [2.75, 3.05) is 25.6 Å². The maximum atomic E-state index is 9.47. The van der Waals surface area contributed by atoms with Gasteiger partial charge in [0.15, 0.2) is 0 Å². The van der Waals surface area contributed by atoms with Gasteiger partial charge in [-0.2, -0.15) is 15.0 Å². The first kappa shape index (κ1) is 14.9. The zero-order valence-electron chi connectivity index (χ0n) is 10.9. The molecule has 0 unspecified atom stereocenters. The zero-order valence-corrected chi connectivity index (χ0v) is 11.7. The number of nitrogens with one attached hydrogen (secondary N) is 1. The molecule has 1 aromatic rings. The number of nitrogens with zero attached hydrogens (tertiary/aromatic N) is 3. The second kappa shape index (κ2) is 6.70. The van der Waals surface area contributed by atoms with E-state index in [4.69, 9.17) is 16.3 Å². The fourth-order valence-electron chi connectivity index (χ4n) is 1.55. The van der Waals surface area contributed by atoms with Crippen LogP contribution >= 0.6 is 11.6 Å². The lowest BCUT2D eigenvalue weighted by Crippen LogP contribution is -2.32. The van der Waals surface area contributed by atoms with E-state index in [9.17, 15) is 5.11 Å².